The van der Waals surface area contributed by atoms with Crippen LogP contribution in [0.4, 0.5) is 18.9 Å². The van der Waals surface area contributed by atoms with Gasteiger partial charge in [-0.2, -0.15) is 0 Å². The lowest BCUT2D eigenvalue weighted by Gasteiger charge is -2.09. The molecule has 0 bridgehead atoms. The number of hydrogen-bond acceptors (Lipinski definition) is 6. The standard InChI is InChI=1S/C7H3F3N2O5/c8-7(9,10)17-6-5(14)4(12(15)16)3(2-13)1-11-6/h1-2,14H. The van der Waals surface area contributed by atoms with Crippen LogP contribution in [0.2, 0.25) is 0 Å². The van der Waals surface area contributed by atoms with Gasteiger partial charge in [-0.25, -0.2) is 4.98 Å². The second-order valence-electron chi connectivity index (χ2n) is 2.64. The average Bonchev–Trinajstić information content (AvgIpc) is 2.18. The van der Waals surface area contributed by atoms with Gasteiger partial charge in [0, 0.05) is 6.20 Å². The van der Waals surface area contributed by atoms with Crippen LogP contribution in [0.3, 0.4) is 0 Å². The first-order chi connectivity index (χ1) is 7.76. The van der Waals surface area contributed by atoms with E-state index >= 15 is 0 Å². The van der Waals surface area contributed by atoms with Crippen LogP contribution in [0.25, 0.3) is 0 Å². The molecule has 17 heavy (non-hydrogen) atoms. The molecule has 1 N–H and O–H groups in total. The molecule has 1 aromatic heterocycles. The molecule has 1 heterocycles. The Morgan fingerprint density at radius 3 is 2.53 bits per heavy atom. The fraction of sp³-hybridized carbons (Fsp3) is 0.143. The molecular weight excluding hydrogens is 249 g/mol. The Hall–Kier alpha value is -2.39. The van der Waals surface area contributed by atoms with Crippen molar-refractivity contribution in [2.45, 2.75) is 6.36 Å². The largest absolute Gasteiger partial charge is 0.574 e. The predicted octanol–water partition coefficient (Wildman–Crippen LogP) is 1.41. The van der Waals surface area contributed by atoms with Crippen molar-refractivity contribution >= 4 is 12.0 Å². The molecule has 0 aliphatic carbocycles. The van der Waals surface area contributed by atoms with Gasteiger partial charge in [0.1, 0.15) is 5.56 Å². The third kappa shape index (κ3) is 2.80. The maximum atomic E-state index is 11.8. The van der Waals surface area contributed by atoms with E-state index in [2.05, 4.69) is 9.72 Å². The molecule has 0 unspecified atom stereocenters. The molecule has 0 saturated heterocycles. The summed E-state index contributed by atoms with van der Waals surface area (Å²) in [4.78, 5) is 22.5. The van der Waals surface area contributed by atoms with E-state index in [9.17, 15) is 28.1 Å². The summed E-state index contributed by atoms with van der Waals surface area (Å²) in [6.07, 6.45) is -4.70. The Labute approximate surface area is 90.6 Å². The second kappa shape index (κ2) is 4.23. The SMILES string of the molecule is O=Cc1cnc(OC(F)(F)F)c(O)c1[N+](=O)[O-]. The van der Waals surface area contributed by atoms with Crippen molar-refractivity contribution in [2.24, 2.45) is 0 Å². The van der Waals surface area contributed by atoms with Gasteiger partial charge in [0.2, 0.25) is 0 Å². The predicted molar refractivity (Wildman–Crippen MR) is 44.6 cm³/mol. The smallest absolute Gasteiger partial charge is 0.498 e. The summed E-state index contributed by atoms with van der Waals surface area (Å²) in [5.74, 6) is -2.85. The highest BCUT2D eigenvalue weighted by atomic mass is 19.4. The summed E-state index contributed by atoms with van der Waals surface area (Å²) >= 11 is 0. The van der Waals surface area contributed by atoms with Gasteiger partial charge in [0.15, 0.2) is 6.29 Å². The van der Waals surface area contributed by atoms with Gasteiger partial charge in [0.05, 0.1) is 4.92 Å². The lowest BCUT2D eigenvalue weighted by Crippen LogP contribution is -2.18. The second-order valence-corrected chi connectivity index (χ2v) is 2.64. The molecule has 0 radical (unpaired) electrons. The third-order valence-corrected chi connectivity index (χ3v) is 1.54. The van der Waals surface area contributed by atoms with Gasteiger partial charge in [0.25, 0.3) is 11.6 Å². The van der Waals surface area contributed by atoms with Gasteiger partial charge < -0.3 is 9.84 Å². The molecule has 0 spiro atoms. The maximum Gasteiger partial charge on any atom is 0.574 e. The fourth-order valence-corrected chi connectivity index (χ4v) is 0.951. The summed E-state index contributed by atoms with van der Waals surface area (Å²) in [5.41, 5.74) is -1.86. The first kappa shape index (κ1) is 12.7. The summed E-state index contributed by atoms with van der Waals surface area (Å²) < 4.78 is 38.7. The van der Waals surface area contributed by atoms with Crippen LogP contribution in [0.1, 0.15) is 10.4 Å². The van der Waals surface area contributed by atoms with Crippen molar-refractivity contribution in [3.05, 3.63) is 21.9 Å². The minimum absolute atomic E-state index is 0.0256. The minimum Gasteiger partial charge on any atom is -0.498 e. The van der Waals surface area contributed by atoms with E-state index in [1.165, 1.54) is 0 Å². The Morgan fingerprint density at radius 1 is 1.53 bits per heavy atom. The molecule has 10 heteroatoms. The zero-order valence-electron chi connectivity index (χ0n) is 7.76. The first-order valence-electron chi connectivity index (χ1n) is 3.83. The number of hydrogen-bond donors (Lipinski definition) is 1. The molecule has 0 aromatic carbocycles. The number of carbonyl (C=O) groups is 1. The minimum atomic E-state index is -5.17. The Morgan fingerprint density at radius 2 is 2.12 bits per heavy atom. The lowest BCUT2D eigenvalue weighted by molar-refractivity contribution is -0.386. The van der Waals surface area contributed by atoms with Crippen molar-refractivity contribution in [2.75, 3.05) is 0 Å². The molecule has 0 atom stereocenters. The monoisotopic (exact) mass is 252 g/mol. The summed E-state index contributed by atoms with van der Waals surface area (Å²) in [5, 5.41) is 19.6. The van der Waals surface area contributed by atoms with Gasteiger partial charge >= 0.3 is 12.0 Å². The van der Waals surface area contributed by atoms with Crippen LogP contribution >= 0.6 is 0 Å². The van der Waals surface area contributed by atoms with Crippen LogP contribution in [-0.4, -0.2) is 27.7 Å². The molecule has 0 amide bonds. The van der Waals surface area contributed by atoms with Crippen LogP contribution in [0.15, 0.2) is 6.20 Å². The number of aldehydes is 1. The summed E-state index contributed by atoms with van der Waals surface area (Å²) in [6, 6.07) is 0. The molecule has 0 saturated carbocycles. The van der Waals surface area contributed by atoms with Crippen LogP contribution < -0.4 is 4.74 Å². The molecule has 0 aliphatic rings. The van der Waals surface area contributed by atoms with E-state index in [4.69, 9.17) is 5.11 Å². The highest BCUT2D eigenvalue weighted by Gasteiger charge is 2.36. The fourth-order valence-electron chi connectivity index (χ4n) is 0.951. The van der Waals surface area contributed by atoms with E-state index in [-0.39, 0.29) is 6.29 Å². The van der Waals surface area contributed by atoms with Crippen molar-refractivity contribution in [3.8, 4) is 11.6 Å². The molecule has 0 fully saturated rings. The van der Waals surface area contributed by atoms with E-state index in [0.29, 0.717) is 6.20 Å². The topological polar surface area (TPSA) is 103 Å². The maximum absolute atomic E-state index is 11.8. The van der Waals surface area contributed by atoms with Gasteiger partial charge in [-0.15, -0.1) is 13.2 Å². The molecule has 1 aromatic rings. The normalized spacial score (nSPS) is 11.0. The number of aromatic nitrogens is 1. The molecular formula is C7H3F3N2O5. The average molecular weight is 252 g/mol. The number of carbonyl (C=O) groups excluding carboxylic acids is 1. The molecule has 1 rings (SSSR count). The third-order valence-electron chi connectivity index (χ3n) is 1.54. The van der Waals surface area contributed by atoms with Crippen LogP contribution in [-0.2, 0) is 0 Å². The number of nitro groups is 1. The number of rotatable bonds is 3. The Bertz CT molecular complexity index is 473. The van der Waals surface area contributed by atoms with E-state index in [1.807, 2.05) is 0 Å². The zero-order chi connectivity index (χ0) is 13.2. The molecule has 0 aliphatic heterocycles. The number of halogens is 3. The zero-order valence-corrected chi connectivity index (χ0v) is 7.76. The number of alkyl halides is 3. The molecule has 92 valence electrons. The van der Waals surface area contributed by atoms with Crippen molar-refractivity contribution in [1.82, 2.24) is 4.98 Å². The number of ether oxygens (including phenoxy) is 1. The number of pyridine rings is 1. The summed E-state index contributed by atoms with van der Waals surface area (Å²) in [7, 11) is 0. The van der Waals surface area contributed by atoms with Crippen molar-refractivity contribution in [3.63, 3.8) is 0 Å². The van der Waals surface area contributed by atoms with Gasteiger partial charge in [-0.3, -0.25) is 14.9 Å². The Balaban J connectivity index is 3.33. The lowest BCUT2D eigenvalue weighted by atomic mass is 10.2. The quantitative estimate of drug-likeness (QED) is 0.495. The van der Waals surface area contributed by atoms with Crippen LogP contribution in [0.5, 0.6) is 11.6 Å². The van der Waals surface area contributed by atoms with Crippen molar-refractivity contribution in [1.29, 1.82) is 0 Å². The molecule has 7 nitrogen and oxygen atoms in total. The van der Waals surface area contributed by atoms with Crippen LogP contribution in [0, 0.1) is 10.1 Å². The van der Waals surface area contributed by atoms with Gasteiger partial charge in [-0.1, -0.05) is 0 Å². The van der Waals surface area contributed by atoms with E-state index in [0.717, 1.165) is 0 Å². The van der Waals surface area contributed by atoms with Gasteiger partial charge in [-0.05, 0) is 0 Å². The summed E-state index contributed by atoms with van der Waals surface area (Å²) in [6.45, 7) is 0. The first-order valence-corrected chi connectivity index (χ1v) is 3.83. The van der Waals surface area contributed by atoms with E-state index < -0.39 is 34.2 Å². The number of aromatic hydroxyl groups is 1. The van der Waals surface area contributed by atoms with E-state index in [1.54, 1.807) is 0 Å². The Kier molecular flexibility index (Phi) is 3.16. The number of nitrogens with zero attached hydrogens (tertiary/aromatic N) is 2. The highest BCUT2D eigenvalue weighted by Crippen LogP contribution is 2.38. The highest BCUT2D eigenvalue weighted by molar-refractivity contribution is 5.83. The van der Waals surface area contributed by atoms with Crippen molar-refractivity contribution < 1.29 is 32.7 Å².